The van der Waals surface area contributed by atoms with Crippen LogP contribution in [-0.4, -0.2) is 42.4 Å². The van der Waals surface area contributed by atoms with Crippen LogP contribution in [0.1, 0.15) is 28.2 Å². The third kappa shape index (κ3) is 2.50. The molecule has 22 heavy (non-hydrogen) atoms. The first-order valence-corrected chi connectivity index (χ1v) is 7.45. The molecule has 0 saturated heterocycles. The van der Waals surface area contributed by atoms with Gasteiger partial charge in [0, 0.05) is 6.54 Å². The van der Waals surface area contributed by atoms with Crippen molar-refractivity contribution in [2.24, 2.45) is 0 Å². The second kappa shape index (κ2) is 5.68. The van der Waals surface area contributed by atoms with E-state index in [-0.39, 0.29) is 6.04 Å². The molecule has 0 bridgehead atoms. The van der Waals surface area contributed by atoms with Crippen molar-refractivity contribution in [2.45, 2.75) is 19.9 Å². The number of thiophene rings is 1. The van der Waals surface area contributed by atoms with Crippen LogP contribution in [0, 0.1) is 6.92 Å². The average Bonchev–Trinajstić information content (AvgIpc) is 3.13. The molecule has 0 amide bonds. The number of hydrogen-bond donors (Lipinski definition) is 2. The summed E-state index contributed by atoms with van der Waals surface area (Å²) in [5.41, 5.74) is 0.684. The summed E-state index contributed by atoms with van der Waals surface area (Å²) in [7, 11) is 0. The third-order valence-electron chi connectivity index (χ3n) is 3.37. The Bertz CT molecular complexity index is 813. The van der Waals surface area contributed by atoms with E-state index in [1.807, 2.05) is 6.92 Å². The SMILES string of the molecule is Cc1c(C(=O)O)sc2ncnc(NC[C@H](C)n3cncn3)c12. The van der Waals surface area contributed by atoms with E-state index in [1.165, 1.54) is 12.7 Å². The first-order valence-electron chi connectivity index (χ1n) is 6.63. The number of carbonyl (C=O) groups is 1. The van der Waals surface area contributed by atoms with Crippen LogP contribution >= 0.6 is 11.3 Å². The minimum Gasteiger partial charge on any atom is -0.477 e. The molecule has 0 aliphatic rings. The zero-order valence-electron chi connectivity index (χ0n) is 12.0. The molecule has 0 fully saturated rings. The van der Waals surface area contributed by atoms with Crippen LogP contribution in [0.3, 0.4) is 0 Å². The van der Waals surface area contributed by atoms with Crippen LogP contribution < -0.4 is 5.32 Å². The van der Waals surface area contributed by atoms with Crippen LogP contribution in [-0.2, 0) is 0 Å². The van der Waals surface area contributed by atoms with Crippen molar-refractivity contribution in [2.75, 3.05) is 11.9 Å². The lowest BCUT2D eigenvalue weighted by molar-refractivity contribution is 0.0701. The zero-order valence-corrected chi connectivity index (χ0v) is 12.8. The Labute approximate surface area is 129 Å². The Morgan fingerprint density at radius 3 is 2.95 bits per heavy atom. The van der Waals surface area contributed by atoms with E-state index in [1.54, 1.807) is 17.9 Å². The summed E-state index contributed by atoms with van der Waals surface area (Å²) < 4.78 is 1.74. The summed E-state index contributed by atoms with van der Waals surface area (Å²) in [6.45, 7) is 4.37. The fourth-order valence-corrected chi connectivity index (χ4v) is 3.18. The predicted octanol–water partition coefficient (Wildman–Crippen LogP) is 1.96. The van der Waals surface area contributed by atoms with Crippen molar-refractivity contribution in [3.63, 3.8) is 0 Å². The number of hydrogen-bond acceptors (Lipinski definition) is 7. The number of nitrogens with zero attached hydrogens (tertiary/aromatic N) is 5. The van der Waals surface area contributed by atoms with Gasteiger partial charge in [-0.2, -0.15) is 5.10 Å². The van der Waals surface area contributed by atoms with Gasteiger partial charge >= 0.3 is 5.97 Å². The Balaban J connectivity index is 1.89. The van der Waals surface area contributed by atoms with E-state index < -0.39 is 5.97 Å². The highest BCUT2D eigenvalue weighted by atomic mass is 32.1. The first-order chi connectivity index (χ1) is 10.6. The third-order valence-corrected chi connectivity index (χ3v) is 4.56. The summed E-state index contributed by atoms with van der Waals surface area (Å²) in [6, 6.07) is 0.0883. The van der Waals surface area contributed by atoms with Crippen molar-refractivity contribution in [3.05, 3.63) is 29.4 Å². The number of nitrogens with one attached hydrogen (secondary N) is 1. The minimum absolute atomic E-state index is 0.0883. The molecule has 114 valence electrons. The van der Waals surface area contributed by atoms with Crippen LogP contribution in [0.4, 0.5) is 5.82 Å². The summed E-state index contributed by atoms with van der Waals surface area (Å²) in [5, 5.41) is 17.3. The number of aryl methyl sites for hydroxylation is 1. The van der Waals surface area contributed by atoms with E-state index >= 15 is 0 Å². The van der Waals surface area contributed by atoms with E-state index in [4.69, 9.17) is 0 Å². The molecule has 0 radical (unpaired) electrons. The molecule has 2 N–H and O–H groups in total. The second-order valence-corrected chi connectivity index (χ2v) is 5.87. The molecule has 0 aliphatic carbocycles. The molecule has 0 spiro atoms. The summed E-state index contributed by atoms with van der Waals surface area (Å²) >= 11 is 1.16. The largest absolute Gasteiger partial charge is 0.477 e. The number of aromatic carboxylic acids is 1. The lowest BCUT2D eigenvalue weighted by Crippen LogP contribution is -2.17. The Morgan fingerprint density at radius 2 is 2.27 bits per heavy atom. The number of carboxylic acids is 1. The van der Waals surface area contributed by atoms with Crippen LogP contribution in [0.25, 0.3) is 10.2 Å². The maximum Gasteiger partial charge on any atom is 0.346 e. The highest BCUT2D eigenvalue weighted by Crippen LogP contribution is 2.33. The van der Waals surface area contributed by atoms with Crippen molar-refractivity contribution in [1.29, 1.82) is 0 Å². The number of rotatable bonds is 5. The molecule has 9 heteroatoms. The molecular weight excluding hydrogens is 304 g/mol. The monoisotopic (exact) mass is 318 g/mol. The molecule has 1 atom stereocenters. The maximum atomic E-state index is 11.2. The van der Waals surface area contributed by atoms with Gasteiger partial charge in [-0.15, -0.1) is 11.3 Å². The van der Waals surface area contributed by atoms with Gasteiger partial charge in [0.1, 0.15) is 34.5 Å². The highest BCUT2D eigenvalue weighted by molar-refractivity contribution is 7.20. The van der Waals surface area contributed by atoms with Crippen molar-refractivity contribution in [1.82, 2.24) is 24.7 Å². The predicted molar refractivity (Wildman–Crippen MR) is 82.3 cm³/mol. The number of anilines is 1. The zero-order chi connectivity index (χ0) is 15.7. The van der Waals surface area contributed by atoms with Gasteiger partial charge in [0.25, 0.3) is 0 Å². The topological polar surface area (TPSA) is 106 Å². The fourth-order valence-electron chi connectivity index (χ4n) is 2.19. The van der Waals surface area contributed by atoms with Gasteiger partial charge in [-0.05, 0) is 19.4 Å². The number of aromatic nitrogens is 5. The fraction of sp³-hybridized carbons (Fsp3) is 0.308. The molecular formula is C13H14N6O2S. The Kier molecular flexibility index (Phi) is 3.72. The van der Waals surface area contributed by atoms with E-state index in [0.717, 1.165) is 16.7 Å². The Hall–Kier alpha value is -2.55. The van der Waals surface area contributed by atoms with Gasteiger partial charge in [-0.25, -0.2) is 24.4 Å². The lowest BCUT2D eigenvalue weighted by atomic mass is 10.2. The first kappa shape index (κ1) is 14.4. The molecule has 0 aliphatic heterocycles. The van der Waals surface area contributed by atoms with Crippen molar-refractivity contribution in [3.8, 4) is 0 Å². The molecule has 3 aromatic heterocycles. The summed E-state index contributed by atoms with van der Waals surface area (Å²) in [5.74, 6) is -0.305. The minimum atomic E-state index is -0.942. The molecule has 3 rings (SSSR count). The molecule has 3 aromatic rings. The van der Waals surface area contributed by atoms with Crippen molar-refractivity contribution >= 4 is 33.3 Å². The number of carboxylic acid groups (broad SMARTS) is 1. The lowest BCUT2D eigenvalue weighted by Gasteiger charge is -2.13. The van der Waals surface area contributed by atoms with Crippen LogP contribution in [0.2, 0.25) is 0 Å². The van der Waals surface area contributed by atoms with E-state index in [2.05, 4.69) is 25.4 Å². The van der Waals surface area contributed by atoms with Crippen LogP contribution in [0.5, 0.6) is 0 Å². The Morgan fingerprint density at radius 1 is 1.45 bits per heavy atom. The molecule has 3 heterocycles. The second-order valence-electron chi connectivity index (χ2n) is 4.87. The maximum absolute atomic E-state index is 11.2. The molecule has 0 unspecified atom stereocenters. The quantitative estimate of drug-likeness (QED) is 0.740. The highest BCUT2D eigenvalue weighted by Gasteiger charge is 2.18. The summed E-state index contributed by atoms with van der Waals surface area (Å²) in [6.07, 6.45) is 4.58. The molecule has 0 saturated carbocycles. The number of fused-ring (bicyclic) bond motifs is 1. The van der Waals surface area contributed by atoms with Crippen LogP contribution in [0.15, 0.2) is 19.0 Å². The average molecular weight is 318 g/mol. The molecule has 8 nitrogen and oxygen atoms in total. The van der Waals surface area contributed by atoms with Gasteiger partial charge < -0.3 is 10.4 Å². The normalized spacial score (nSPS) is 12.5. The van der Waals surface area contributed by atoms with E-state index in [0.29, 0.717) is 27.6 Å². The van der Waals surface area contributed by atoms with Gasteiger partial charge in [0.05, 0.1) is 11.4 Å². The summed E-state index contributed by atoms with van der Waals surface area (Å²) in [4.78, 5) is 24.5. The smallest absolute Gasteiger partial charge is 0.346 e. The van der Waals surface area contributed by atoms with Crippen molar-refractivity contribution < 1.29 is 9.90 Å². The standard InChI is InChI=1S/C13H14N6O2S/c1-7(19-6-14-4-18-19)3-15-11-9-8(2)10(13(20)21)22-12(9)17-5-16-11/h4-7H,3H2,1-2H3,(H,20,21)(H,15,16,17)/t7-/m0/s1. The van der Waals surface area contributed by atoms with Gasteiger partial charge in [0.2, 0.25) is 0 Å². The van der Waals surface area contributed by atoms with E-state index in [9.17, 15) is 9.90 Å². The van der Waals surface area contributed by atoms with Gasteiger partial charge in [-0.3, -0.25) is 0 Å². The van der Waals surface area contributed by atoms with Gasteiger partial charge in [-0.1, -0.05) is 0 Å². The molecule has 0 aromatic carbocycles. The van der Waals surface area contributed by atoms with Gasteiger partial charge in [0.15, 0.2) is 0 Å².